The number of carbonyl (C=O) groups is 4. The van der Waals surface area contributed by atoms with Crippen LogP contribution in [0.2, 0.25) is 0 Å². The maximum atomic E-state index is 13.5. The van der Waals surface area contributed by atoms with Crippen LogP contribution >= 0.6 is 23.7 Å². The summed E-state index contributed by atoms with van der Waals surface area (Å²) in [5.74, 6) is -3.86. The summed E-state index contributed by atoms with van der Waals surface area (Å²) in [6.45, 7) is 7.52. The molecule has 1 unspecified atom stereocenters. The number of nitrogens with one attached hydrogen (secondary N) is 2. The molecule has 3 aliphatic rings. The summed E-state index contributed by atoms with van der Waals surface area (Å²) < 4.78 is 6.11. The predicted octanol–water partition coefficient (Wildman–Crippen LogP) is 1.50. The van der Waals surface area contributed by atoms with E-state index in [4.69, 9.17) is 22.0 Å². The van der Waals surface area contributed by atoms with E-state index < -0.39 is 40.8 Å². The predicted molar refractivity (Wildman–Crippen MR) is 199 cm³/mol. The highest BCUT2D eigenvalue weighted by Crippen LogP contribution is 2.40. The smallest absolute Gasteiger partial charge is 0.352 e. The average Bonchev–Trinajstić information content (AvgIpc) is 3.08. The highest BCUT2D eigenvalue weighted by molar-refractivity contribution is 8.02. The molecule has 2 amide bonds. The second kappa shape index (κ2) is 19.0. The Hall–Kier alpha value is -4.81. The number of hydrogen-bond acceptors (Lipinski definition) is 13. The zero-order valence-corrected chi connectivity index (χ0v) is 30.6. The van der Waals surface area contributed by atoms with E-state index in [9.17, 15) is 29.4 Å². The van der Waals surface area contributed by atoms with Gasteiger partial charge in [-0.1, -0.05) is 36.7 Å². The standard InChI is InChI=1S/C33H45N9O7S2/c1-5-6-13-24(36)51-40-20(2)25(39-49-33(3,4)32(47)48)28(43)38-26-29(44)42-27(31(45)46)21(19-50-30(26)42)11-9-17-41-16-8-7-12-22(35)23(18-41)37-15-10-14-34/h7-9,11-13,16,18,26,30,35,37H,5-6,10,14-15,17,19,34,36H2,1-4H3,(H3,38,43,45,46,47,48)/p+1/b11-9+,12-7+,16-8+,23-18?,24-13+,39-25-,40-20+/t26-,30?/m1/s1. The summed E-state index contributed by atoms with van der Waals surface area (Å²) in [6.07, 6.45) is 16.7. The van der Waals surface area contributed by atoms with Crippen LogP contribution in [0, 0.1) is 0 Å². The fourth-order valence-corrected chi connectivity index (χ4v) is 6.37. The van der Waals surface area contributed by atoms with Gasteiger partial charge in [0.25, 0.3) is 11.8 Å². The second-order valence-electron chi connectivity index (χ2n) is 11.9. The third-order valence-electron chi connectivity index (χ3n) is 7.45. The van der Waals surface area contributed by atoms with Gasteiger partial charge in [0.1, 0.15) is 22.8 Å². The topological polar surface area (TPSA) is 251 Å². The minimum atomic E-state index is -1.78. The van der Waals surface area contributed by atoms with E-state index in [0.29, 0.717) is 35.9 Å². The van der Waals surface area contributed by atoms with Crippen LogP contribution < -0.4 is 27.8 Å². The number of fused-ring (bicyclic) bond motifs is 1. The zero-order valence-electron chi connectivity index (χ0n) is 29.0. The van der Waals surface area contributed by atoms with Crippen molar-refractivity contribution in [2.45, 2.75) is 64.0 Å². The summed E-state index contributed by atoms with van der Waals surface area (Å²) >= 11 is 2.19. The van der Waals surface area contributed by atoms with Crippen LogP contribution in [0.1, 0.15) is 47.0 Å². The average molecular weight is 745 g/mol. The van der Waals surface area contributed by atoms with Gasteiger partial charge in [-0.05, 0) is 57.9 Å². The van der Waals surface area contributed by atoms with Gasteiger partial charge in [0.05, 0.1) is 16.4 Å². The van der Waals surface area contributed by atoms with Crippen LogP contribution in [0.15, 0.2) is 79.9 Å². The molecule has 1 saturated heterocycles. The van der Waals surface area contributed by atoms with Crippen molar-refractivity contribution in [3.05, 3.63) is 70.3 Å². The number of nitrogens with zero attached hydrogens (tertiary/aromatic N) is 4. The number of thioether (sulfide) groups is 1. The molecule has 276 valence electrons. The van der Waals surface area contributed by atoms with Crippen molar-refractivity contribution in [3.63, 3.8) is 0 Å². The van der Waals surface area contributed by atoms with Gasteiger partial charge in [-0.15, -0.1) is 11.8 Å². The molecule has 1 fully saturated rings. The van der Waals surface area contributed by atoms with E-state index >= 15 is 0 Å². The molecule has 2 atom stereocenters. The Balaban J connectivity index is 1.80. The van der Waals surface area contributed by atoms with Crippen LogP contribution in [0.5, 0.6) is 0 Å². The van der Waals surface area contributed by atoms with Gasteiger partial charge in [0, 0.05) is 30.3 Å². The van der Waals surface area contributed by atoms with E-state index in [2.05, 4.69) is 20.2 Å². The number of carboxylic acid groups (broad SMARTS) is 2. The highest BCUT2D eigenvalue weighted by Gasteiger charge is 2.54. The molecule has 16 nitrogen and oxygen atoms in total. The van der Waals surface area contributed by atoms with Crippen LogP contribution in [0.25, 0.3) is 0 Å². The lowest BCUT2D eigenvalue weighted by Crippen LogP contribution is -2.71. The molecule has 3 rings (SSSR count). The number of hydrogen-bond donors (Lipinski definition) is 7. The SMILES string of the molecule is CCC/C=C(\N)S/N=C(C)/C(=N/OC(C)(C)C(=O)O)C(=O)N[C@@H]1C(=O)N2C(C(=O)O)=C(/C=C/C[N+]3=C/C(NCCCN)=C(N)\C=C\C=C\3)CSC12. The summed E-state index contributed by atoms with van der Waals surface area (Å²) in [4.78, 5) is 57.2. The summed E-state index contributed by atoms with van der Waals surface area (Å²) in [6, 6.07) is -1.09. The van der Waals surface area contributed by atoms with Gasteiger partial charge in [-0.3, -0.25) is 14.5 Å². The van der Waals surface area contributed by atoms with Crippen molar-refractivity contribution in [2.24, 2.45) is 26.8 Å². The van der Waals surface area contributed by atoms with Gasteiger partial charge < -0.3 is 42.9 Å². The zero-order chi connectivity index (χ0) is 37.7. The Labute approximate surface area is 305 Å². The lowest BCUT2D eigenvalue weighted by molar-refractivity contribution is -0.439. The molecule has 0 radical (unpaired) electrons. The maximum Gasteiger partial charge on any atom is 0.352 e. The van der Waals surface area contributed by atoms with E-state index in [1.165, 1.54) is 32.5 Å². The molecule has 0 aromatic carbocycles. The number of rotatable bonds is 18. The number of aliphatic carboxylic acids is 2. The molecular formula is C33H46N9O7S2+. The monoisotopic (exact) mass is 744 g/mol. The van der Waals surface area contributed by atoms with Crippen molar-refractivity contribution >= 4 is 65.1 Å². The van der Waals surface area contributed by atoms with Crippen molar-refractivity contribution in [3.8, 4) is 0 Å². The van der Waals surface area contributed by atoms with Crippen LogP contribution in [0.4, 0.5) is 0 Å². The number of β-lactam (4-membered cyclic amide) rings is 1. The number of carbonyl (C=O) groups excluding carboxylic acids is 2. The number of nitrogens with two attached hydrogens (primary N) is 3. The van der Waals surface area contributed by atoms with E-state index in [1.807, 2.05) is 36.1 Å². The summed E-state index contributed by atoms with van der Waals surface area (Å²) in [7, 11) is 0. The van der Waals surface area contributed by atoms with Crippen molar-refractivity contribution in [1.82, 2.24) is 15.5 Å². The van der Waals surface area contributed by atoms with Gasteiger partial charge in [0.2, 0.25) is 5.60 Å². The van der Waals surface area contributed by atoms with Gasteiger partial charge in [-0.25, -0.2) is 14.0 Å². The number of oxime groups is 1. The Kier molecular flexibility index (Phi) is 15.1. The van der Waals surface area contributed by atoms with Crippen molar-refractivity contribution in [2.75, 3.05) is 25.4 Å². The Morgan fingerprint density at radius 3 is 2.69 bits per heavy atom. The molecule has 3 aliphatic heterocycles. The molecule has 0 saturated carbocycles. The highest BCUT2D eigenvalue weighted by atomic mass is 32.2. The fourth-order valence-electron chi connectivity index (χ4n) is 4.54. The van der Waals surface area contributed by atoms with Gasteiger partial charge >= 0.3 is 11.9 Å². The van der Waals surface area contributed by atoms with Crippen LogP contribution in [-0.4, -0.2) is 103 Å². The van der Waals surface area contributed by atoms with Crippen molar-refractivity contribution < 1.29 is 38.8 Å². The lowest BCUT2D eigenvalue weighted by Gasteiger charge is -2.49. The molecule has 0 spiro atoms. The molecule has 51 heavy (non-hydrogen) atoms. The molecular weight excluding hydrogens is 699 g/mol. The molecule has 0 aromatic rings. The Morgan fingerprint density at radius 2 is 2.02 bits per heavy atom. The first-order valence-corrected chi connectivity index (χ1v) is 18.0. The van der Waals surface area contributed by atoms with Crippen LogP contribution in [0.3, 0.4) is 0 Å². The number of carboxylic acids is 2. The minimum Gasteiger partial charge on any atom is -0.478 e. The quantitative estimate of drug-likeness (QED) is 0.0263. The first-order valence-electron chi connectivity index (χ1n) is 16.2. The molecule has 0 bridgehead atoms. The lowest BCUT2D eigenvalue weighted by atomic mass is 10.0. The van der Waals surface area contributed by atoms with Crippen molar-refractivity contribution in [1.29, 1.82) is 0 Å². The second-order valence-corrected chi connectivity index (χ2v) is 13.9. The molecule has 0 aliphatic carbocycles. The fraction of sp³-hybridized carbons (Fsp3) is 0.424. The third-order valence-corrected chi connectivity index (χ3v) is 9.49. The molecule has 18 heteroatoms. The van der Waals surface area contributed by atoms with Gasteiger partial charge in [-0.2, -0.15) is 4.58 Å². The normalized spacial score (nSPS) is 23.8. The third kappa shape index (κ3) is 11.1. The maximum absolute atomic E-state index is 13.5. The van der Waals surface area contributed by atoms with Gasteiger partial charge in [0.15, 0.2) is 24.7 Å². The molecule has 3 heterocycles. The van der Waals surface area contributed by atoms with E-state index in [-0.39, 0.29) is 22.9 Å². The number of amides is 2. The Morgan fingerprint density at radius 1 is 1.27 bits per heavy atom. The number of allylic oxidation sites excluding steroid dienone is 6. The summed E-state index contributed by atoms with van der Waals surface area (Å²) in [5, 5.41) is 28.9. The van der Waals surface area contributed by atoms with E-state index in [0.717, 1.165) is 41.8 Å². The first-order chi connectivity index (χ1) is 24.2. The number of unbranched alkanes of at least 4 members (excludes halogenated alkanes) is 1. The first kappa shape index (κ1) is 40.6. The van der Waals surface area contributed by atoms with E-state index in [1.54, 1.807) is 24.3 Å². The Bertz CT molecular complexity index is 1660. The summed E-state index contributed by atoms with van der Waals surface area (Å²) in [5.41, 5.74) is 17.2. The minimum absolute atomic E-state index is 0.0600. The van der Waals surface area contributed by atoms with Crippen LogP contribution in [-0.2, 0) is 24.0 Å². The molecule has 0 aromatic heterocycles. The molecule has 10 N–H and O–H groups in total. The largest absolute Gasteiger partial charge is 0.478 e.